The summed E-state index contributed by atoms with van der Waals surface area (Å²) in [5.74, 6) is -1.51. The molecule has 0 saturated carbocycles. The molecule has 170 valence electrons. The fraction of sp³-hybridized carbons (Fsp3) is 0.524. The number of nitrogens with zero attached hydrogens (tertiary/aromatic N) is 2. The van der Waals surface area contributed by atoms with Gasteiger partial charge < -0.3 is 14.8 Å². The Balaban J connectivity index is 2.44. The highest BCUT2D eigenvalue weighted by Gasteiger charge is 2.30. The molecule has 0 bridgehead atoms. The van der Waals surface area contributed by atoms with Gasteiger partial charge in [-0.25, -0.2) is 9.59 Å². The van der Waals surface area contributed by atoms with E-state index in [0.717, 1.165) is 11.3 Å². The van der Waals surface area contributed by atoms with Crippen LogP contribution in [0.4, 0.5) is 5.00 Å². The summed E-state index contributed by atoms with van der Waals surface area (Å²) in [4.78, 5) is 38.4. The minimum atomic E-state index is -0.640. The average Bonchev–Trinajstić information content (AvgIpc) is 3.18. The fourth-order valence-electron chi connectivity index (χ4n) is 3.12. The molecule has 0 radical (unpaired) electrons. The molecule has 0 fully saturated rings. The molecule has 2 heterocycles. The van der Waals surface area contributed by atoms with Gasteiger partial charge >= 0.3 is 11.9 Å². The molecule has 0 spiro atoms. The van der Waals surface area contributed by atoms with Crippen LogP contribution in [0, 0.1) is 20.8 Å². The van der Waals surface area contributed by atoms with Gasteiger partial charge in [0, 0.05) is 0 Å². The van der Waals surface area contributed by atoms with E-state index < -0.39 is 18.0 Å². The highest BCUT2D eigenvalue weighted by Crippen LogP contribution is 2.35. The van der Waals surface area contributed by atoms with Crippen molar-refractivity contribution in [3.05, 3.63) is 32.4 Å². The number of carbonyl (C=O) groups is 3. The number of carbonyl (C=O) groups excluding carboxylic acids is 3. The van der Waals surface area contributed by atoms with E-state index in [9.17, 15) is 14.4 Å². The van der Waals surface area contributed by atoms with Crippen LogP contribution in [-0.4, -0.2) is 40.8 Å². The van der Waals surface area contributed by atoms with Crippen LogP contribution in [0.2, 0.25) is 5.02 Å². The lowest BCUT2D eigenvalue weighted by Gasteiger charge is -2.17. The summed E-state index contributed by atoms with van der Waals surface area (Å²) < 4.78 is 11.9. The topological polar surface area (TPSA) is 99.5 Å². The zero-order valence-electron chi connectivity index (χ0n) is 18.6. The van der Waals surface area contributed by atoms with Crippen LogP contribution in [0.25, 0.3) is 0 Å². The van der Waals surface area contributed by atoms with Crippen LogP contribution in [0.15, 0.2) is 0 Å². The number of esters is 2. The maximum Gasteiger partial charge on any atom is 0.348 e. The Morgan fingerprint density at radius 1 is 1.13 bits per heavy atom. The van der Waals surface area contributed by atoms with E-state index in [-0.39, 0.29) is 34.6 Å². The van der Waals surface area contributed by atoms with Crippen LogP contribution >= 0.6 is 22.9 Å². The zero-order chi connectivity index (χ0) is 23.3. The van der Waals surface area contributed by atoms with Gasteiger partial charge in [-0.2, -0.15) is 5.10 Å². The maximum absolute atomic E-state index is 13.1. The van der Waals surface area contributed by atoms with Crippen molar-refractivity contribution in [3.63, 3.8) is 0 Å². The van der Waals surface area contributed by atoms with Gasteiger partial charge in [0.25, 0.3) is 0 Å². The molecule has 0 saturated heterocycles. The van der Waals surface area contributed by atoms with Crippen molar-refractivity contribution >= 4 is 45.8 Å². The second-order valence-corrected chi connectivity index (χ2v) is 8.36. The van der Waals surface area contributed by atoms with Crippen LogP contribution in [0.5, 0.6) is 0 Å². The second-order valence-electron chi connectivity index (χ2n) is 6.96. The van der Waals surface area contributed by atoms with Crippen molar-refractivity contribution in [2.24, 2.45) is 0 Å². The number of amides is 1. The van der Waals surface area contributed by atoms with Crippen molar-refractivity contribution in [1.82, 2.24) is 9.78 Å². The lowest BCUT2D eigenvalue weighted by atomic mass is 10.1. The molecule has 0 aromatic carbocycles. The fourth-order valence-corrected chi connectivity index (χ4v) is 4.33. The summed E-state index contributed by atoms with van der Waals surface area (Å²) in [6, 6.07) is -0.640. The first-order valence-electron chi connectivity index (χ1n) is 10.2. The Bertz CT molecular complexity index is 982. The SMILES string of the molecule is CCCOC(=O)c1c(NC(=O)C(CC)n2nc(C)c(Cl)c2C)sc(C(=O)OCC)c1C. The predicted molar refractivity (Wildman–Crippen MR) is 120 cm³/mol. The quantitative estimate of drug-likeness (QED) is 0.526. The number of hydrogen-bond donors (Lipinski definition) is 1. The van der Waals surface area contributed by atoms with E-state index in [1.54, 1.807) is 32.4 Å². The summed E-state index contributed by atoms with van der Waals surface area (Å²) in [5.41, 5.74) is 1.89. The Labute approximate surface area is 190 Å². The first kappa shape index (κ1) is 24.9. The Hall–Kier alpha value is -2.39. The molecule has 1 amide bonds. The second kappa shape index (κ2) is 10.8. The normalized spacial score (nSPS) is 11.8. The molecule has 0 aliphatic rings. The minimum Gasteiger partial charge on any atom is -0.462 e. The van der Waals surface area contributed by atoms with E-state index in [2.05, 4.69) is 10.4 Å². The third kappa shape index (κ3) is 5.27. The number of anilines is 1. The molecule has 10 heteroatoms. The molecule has 31 heavy (non-hydrogen) atoms. The van der Waals surface area contributed by atoms with Crippen LogP contribution in [-0.2, 0) is 14.3 Å². The molecule has 1 atom stereocenters. The van der Waals surface area contributed by atoms with Gasteiger partial charge in [0.2, 0.25) is 5.91 Å². The summed E-state index contributed by atoms with van der Waals surface area (Å²) in [5, 5.41) is 7.93. The van der Waals surface area contributed by atoms with Gasteiger partial charge in [0.05, 0.1) is 35.2 Å². The standard InChI is InChI=1S/C21H28ClN3O5S/c1-7-10-30-20(27)15-11(4)17(21(28)29-9-3)31-19(15)23-18(26)14(8-2)25-13(6)16(22)12(5)24-25/h14H,7-10H2,1-6H3,(H,23,26). The van der Waals surface area contributed by atoms with Gasteiger partial charge in [-0.05, 0) is 46.1 Å². The van der Waals surface area contributed by atoms with Crippen LogP contribution < -0.4 is 5.32 Å². The summed E-state index contributed by atoms with van der Waals surface area (Å²) >= 11 is 7.24. The molecular formula is C21H28ClN3O5S. The van der Waals surface area contributed by atoms with E-state index in [1.807, 2.05) is 13.8 Å². The number of halogens is 1. The van der Waals surface area contributed by atoms with Gasteiger partial charge in [0.1, 0.15) is 15.9 Å². The lowest BCUT2D eigenvalue weighted by Crippen LogP contribution is -2.27. The van der Waals surface area contributed by atoms with E-state index >= 15 is 0 Å². The van der Waals surface area contributed by atoms with Gasteiger partial charge in [0.15, 0.2) is 0 Å². The van der Waals surface area contributed by atoms with Crippen molar-refractivity contribution in [1.29, 1.82) is 0 Å². The number of thiophene rings is 1. The largest absolute Gasteiger partial charge is 0.462 e. The maximum atomic E-state index is 13.1. The molecule has 2 aromatic rings. The Morgan fingerprint density at radius 3 is 2.32 bits per heavy atom. The number of aromatic nitrogens is 2. The molecule has 2 rings (SSSR count). The van der Waals surface area contributed by atoms with Crippen molar-refractivity contribution in [2.75, 3.05) is 18.5 Å². The first-order valence-corrected chi connectivity index (χ1v) is 11.4. The highest BCUT2D eigenvalue weighted by atomic mass is 35.5. The number of aryl methyl sites for hydroxylation is 1. The van der Waals surface area contributed by atoms with Crippen molar-refractivity contribution < 1.29 is 23.9 Å². The predicted octanol–water partition coefficient (Wildman–Crippen LogP) is 4.86. The molecule has 1 N–H and O–H groups in total. The highest BCUT2D eigenvalue weighted by molar-refractivity contribution is 7.18. The molecule has 2 aromatic heterocycles. The van der Waals surface area contributed by atoms with E-state index in [4.69, 9.17) is 21.1 Å². The summed E-state index contributed by atoms with van der Waals surface area (Å²) in [6.07, 6.45) is 1.10. The average molecular weight is 470 g/mol. The van der Waals surface area contributed by atoms with Gasteiger partial charge in [-0.3, -0.25) is 9.48 Å². The third-order valence-electron chi connectivity index (χ3n) is 4.71. The molecule has 8 nitrogen and oxygen atoms in total. The van der Waals surface area contributed by atoms with Crippen molar-refractivity contribution in [3.8, 4) is 0 Å². The number of nitrogens with one attached hydrogen (secondary N) is 1. The van der Waals surface area contributed by atoms with E-state index in [1.165, 1.54) is 0 Å². The van der Waals surface area contributed by atoms with Gasteiger partial charge in [-0.15, -0.1) is 11.3 Å². The van der Waals surface area contributed by atoms with Crippen molar-refractivity contribution in [2.45, 2.75) is 60.4 Å². The third-order valence-corrected chi connectivity index (χ3v) is 6.44. The van der Waals surface area contributed by atoms with Crippen LogP contribution in [0.1, 0.15) is 76.6 Å². The number of hydrogen-bond acceptors (Lipinski definition) is 7. The molecule has 0 aliphatic carbocycles. The molecule has 0 aliphatic heterocycles. The molecule has 1 unspecified atom stereocenters. The zero-order valence-corrected chi connectivity index (χ0v) is 20.2. The van der Waals surface area contributed by atoms with Gasteiger partial charge in [-0.1, -0.05) is 25.4 Å². The summed E-state index contributed by atoms with van der Waals surface area (Å²) in [7, 11) is 0. The van der Waals surface area contributed by atoms with E-state index in [0.29, 0.717) is 34.8 Å². The Kier molecular flexibility index (Phi) is 8.64. The Morgan fingerprint density at radius 2 is 1.81 bits per heavy atom. The molecular weight excluding hydrogens is 442 g/mol. The first-order chi connectivity index (χ1) is 14.7. The number of ether oxygens (including phenoxy) is 2. The number of rotatable bonds is 9. The smallest absolute Gasteiger partial charge is 0.348 e. The summed E-state index contributed by atoms with van der Waals surface area (Å²) in [6.45, 7) is 11.1. The monoisotopic (exact) mass is 469 g/mol. The van der Waals surface area contributed by atoms with Crippen LogP contribution in [0.3, 0.4) is 0 Å². The lowest BCUT2D eigenvalue weighted by molar-refractivity contribution is -0.119. The minimum absolute atomic E-state index is 0.163.